The number of hydrogen-bond donors (Lipinski definition) is 1. The van der Waals surface area contributed by atoms with Gasteiger partial charge >= 0.3 is 0 Å². The molecular weight excluding hydrogens is 292 g/mol. The van der Waals surface area contributed by atoms with Crippen LogP contribution in [0.2, 0.25) is 0 Å². The van der Waals surface area contributed by atoms with Gasteiger partial charge in [-0.1, -0.05) is 6.92 Å². The van der Waals surface area contributed by atoms with E-state index in [1.807, 2.05) is 13.2 Å². The molecular formula is C13H20N4O3S. The van der Waals surface area contributed by atoms with E-state index in [1.54, 1.807) is 30.8 Å². The monoisotopic (exact) mass is 312 g/mol. The van der Waals surface area contributed by atoms with Crippen molar-refractivity contribution in [1.29, 1.82) is 0 Å². The number of aromatic nitrogens is 1. The zero-order valence-electron chi connectivity index (χ0n) is 12.6. The number of nitro groups is 1. The van der Waals surface area contributed by atoms with Crippen LogP contribution in [0.4, 0.5) is 11.5 Å². The number of nitrogens with zero attached hydrogens (tertiary/aromatic N) is 3. The summed E-state index contributed by atoms with van der Waals surface area (Å²) in [5.41, 5.74) is 0.0254. The molecule has 21 heavy (non-hydrogen) atoms. The van der Waals surface area contributed by atoms with Gasteiger partial charge in [0.05, 0.1) is 10.5 Å². The molecule has 0 fully saturated rings. The van der Waals surface area contributed by atoms with E-state index in [0.29, 0.717) is 5.82 Å². The van der Waals surface area contributed by atoms with E-state index in [9.17, 15) is 14.9 Å². The lowest BCUT2D eigenvalue weighted by Crippen LogP contribution is -2.38. The highest BCUT2D eigenvalue weighted by molar-refractivity contribution is 7.98. The smallest absolute Gasteiger partial charge is 0.288 e. The number of pyridine rings is 1. The van der Waals surface area contributed by atoms with Gasteiger partial charge < -0.3 is 10.2 Å². The quantitative estimate of drug-likeness (QED) is 0.613. The maximum atomic E-state index is 12.6. The summed E-state index contributed by atoms with van der Waals surface area (Å²) in [7, 11) is 3.34. The standard InChI is InChI=1S/C13H20N4O3S/c1-5-9(8-21-4)16(3)13(18)11-6-10(17(19)20)7-15-12(11)14-2/h6-7,9H,5,8H2,1-4H3,(H,14,15). The molecule has 8 heteroatoms. The van der Waals surface area contributed by atoms with Gasteiger partial charge in [-0.05, 0) is 12.7 Å². The Labute approximate surface area is 128 Å². The second-order valence-corrected chi connectivity index (χ2v) is 5.44. The Kier molecular flexibility index (Phi) is 6.41. The minimum atomic E-state index is -0.553. The molecule has 0 radical (unpaired) electrons. The Morgan fingerprint density at radius 2 is 2.29 bits per heavy atom. The minimum absolute atomic E-state index is 0.0801. The molecule has 0 saturated heterocycles. The van der Waals surface area contributed by atoms with Gasteiger partial charge in [-0.25, -0.2) is 4.98 Å². The number of carbonyl (C=O) groups is 1. The number of thioether (sulfide) groups is 1. The number of anilines is 1. The van der Waals surface area contributed by atoms with E-state index >= 15 is 0 Å². The highest BCUT2D eigenvalue weighted by atomic mass is 32.2. The van der Waals surface area contributed by atoms with Gasteiger partial charge in [-0.2, -0.15) is 11.8 Å². The van der Waals surface area contributed by atoms with Crippen molar-refractivity contribution in [2.75, 3.05) is 31.4 Å². The minimum Gasteiger partial charge on any atom is -0.372 e. The lowest BCUT2D eigenvalue weighted by Gasteiger charge is -2.27. The van der Waals surface area contributed by atoms with Gasteiger partial charge in [0.25, 0.3) is 11.6 Å². The molecule has 1 N–H and O–H groups in total. The SMILES string of the molecule is CCC(CSC)N(C)C(=O)c1cc([N+](=O)[O-])cnc1NC. The van der Waals surface area contributed by atoms with E-state index in [2.05, 4.69) is 10.3 Å². The Balaban J connectivity index is 3.14. The first kappa shape index (κ1) is 17.2. The first-order valence-electron chi connectivity index (χ1n) is 6.54. The van der Waals surface area contributed by atoms with Crippen molar-refractivity contribution in [3.05, 3.63) is 27.9 Å². The summed E-state index contributed by atoms with van der Waals surface area (Å²) in [6.45, 7) is 2.01. The number of nitrogens with one attached hydrogen (secondary N) is 1. The molecule has 1 amide bonds. The largest absolute Gasteiger partial charge is 0.372 e. The maximum absolute atomic E-state index is 12.6. The molecule has 1 aromatic heterocycles. The second kappa shape index (κ2) is 7.82. The fourth-order valence-electron chi connectivity index (χ4n) is 1.97. The van der Waals surface area contributed by atoms with Crippen molar-refractivity contribution in [3.8, 4) is 0 Å². The molecule has 0 aromatic carbocycles. The fourth-order valence-corrected chi connectivity index (χ4v) is 2.81. The van der Waals surface area contributed by atoms with Crippen molar-refractivity contribution in [2.45, 2.75) is 19.4 Å². The van der Waals surface area contributed by atoms with E-state index in [0.717, 1.165) is 18.4 Å². The number of amides is 1. The number of rotatable bonds is 7. The summed E-state index contributed by atoms with van der Waals surface area (Å²) < 4.78 is 0. The lowest BCUT2D eigenvalue weighted by atomic mass is 10.1. The van der Waals surface area contributed by atoms with Gasteiger partial charge in [0.1, 0.15) is 12.0 Å². The number of carbonyl (C=O) groups excluding carboxylic acids is 1. The normalized spacial score (nSPS) is 11.8. The fraction of sp³-hybridized carbons (Fsp3) is 0.538. The molecule has 0 aliphatic carbocycles. The van der Waals surface area contributed by atoms with E-state index < -0.39 is 4.92 Å². The molecule has 0 spiro atoms. The first-order chi connectivity index (χ1) is 9.96. The van der Waals surface area contributed by atoms with Gasteiger partial charge in [0.2, 0.25) is 0 Å². The van der Waals surface area contributed by atoms with E-state index in [1.165, 1.54) is 6.07 Å². The summed E-state index contributed by atoms with van der Waals surface area (Å²) in [6.07, 6.45) is 3.94. The molecule has 0 bridgehead atoms. The van der Waals surface area contributed by atoms with Crippen LogP contribution in [-0.2, 0) is 0 Å². The summed E-state index contributed by atoms with van der Waals surface area (Å²) in [5, 5.41) is 13.7. The van der Waals surface area contributed by atoms with Crippen LogP contribution in [-0.4, -0.2) is 52.9 Å². The highest BCUT2D eigenvalue weighted by Crippen LogP contribution is 2.22. The summed E-state index contributed by atoms with van der Waals surface area (Å²) in [6, 6.07) is 1.35. The molecule has 116 valence electrons. The average molecular weight is 312 g/mol. The molecule has 1 heterocycles. The lowest BCUT2D eigenvalue weighted by molar-refractivity contribution is -0.385. The van der Waals surface area contributed by atoms with Crippen LogP contribution < -0.4 is 5.32 Å². The predicted octanol–water partition coefficient (Wildman–Crippen LogP) is 2.25. The van der Waals surface area contributed by atoms with E-state index in [-0.39, 0.29) is 23.2 Å². The molecule has 0 aliphatic heterocycles. The highest BCUT2D eigenvalue weighted by Gasteiger charge is 2.24. The summed E-state index contributed by atoms with van der Waals surface area (Å²) >= 11 is 1.66. The molecule has 0 aliphatic rings. The van der Waals surface area contributed by atoms with Crippen molar-refractivity contribution in [1.82, 2.24) is 9.88 Å². The average Bonchev–Trinajstić information content (AvgIpc) is 2.50. The maximum Gasteiger partial charge on any atom is 0.288 e. The van der Waals surface area contributed by atoms with Crippen LogP contribution in [0.15, 0.2) is 12.3 Å². The van der Waals surface area contributed by atoms with Gasteiger partial charge in [0.15, 0.2) is 0 Å². The van der Waals surface area contributed by atoms with Gasteiger partial charge in [0, 0.05) is 32.0 Å². The van der Waals surface area contributed by atoms with Crippen LogP contribution in [0.25, 0.3) is 0 Å². The molecule has 1 aromatic rings. The van der Waals surface area contributed by atoms with Gasteiger partial charge in [-0.15, -0.1) is 0 Å². The Hall–Kier alpha value is -1.83. The predicted molar refractivity (Wildman–Crippen MR) is 85.0 cm³/mol. The van der Waals surface area contributed by atoms with Crippen LogP contribution in [0.1, 0.15) is 23.7 Å². The Morgan fingerprint density at radius 1 is 1.62 bits per heavy atom. The van der Waals surface area contributed by atoms with Crippen LogP contribution in [0.5, 0.6) is 0 Å². The zero-order valence-corrected chi connectivity index (χ0v) is 13.4. The zero-order chi connectivity index (χ0) is 16.0. The van der Waals surface area contributed by atoms with Crippen LogP contribution in [0.3, 0.4) is 0 Å². The van der Waals surface area contributed by atoms with E-state index in [4.69, 9.17) is 0 Å². The third kappa shape index (κ3) is 4.07. The summed E-state index contributed by atoms with van der Waals surface area (Å²) in [4.78, 5) is 28.5. The van der Waals surface area contributed by atoms with Crippen molar-refractivity contribution >= 4 is 29.2 Å². The van der Waals surface area contributed by atoms with Crippen molar-refractivity contribution in [2.24, 2.45) is 0 Å². The Bertz CT molecular complexity index is 524. The van der Waals surface area contributed by atoms with Crippen LogP contribution >= 0.6 is 11.8 Å². The summed E-state index contributed by atoms with van der Waals surface area (Å²) in [5.74, 6) is 0.892. The first-order valence-corrected chi connectivity index (χ1v) is 7.93. The molecule has 7 nitrogen and oxygen atoms in total. The molecule has 1 unspecified atom stereocenters. The second-order valence-electron chi connectivity index (χ2n) is 4.53. The van der Waals surface area contributed by atoms with Crippen LogP contribution in [0, 0.1) is 10.1 Å². The molecule has 1 atom stereocenters. The molecule has 1 rings (SSSR count). The van der Waals surface area contributed by atoms with Gasteiger partial charge in [-0.3, -0.25) is 14.9 Å². The van der Waals surface area contributed by atoms with Crippen molar-refractivity contribution < 1.29 is 9.72 Å². The third-order valence-electron chi connectivity index (χ3n) is 3.25. The topological polar surface area (TPSA) is 88.4 Å². The molecule has 0 saturated carbocycles. The Morgan fingerprint density at radius 3 is 2.76 bits per heavy atom. The number of hydrogen-bond acceptors (Lipinski definition) is 6. The van der Waals surface area contributed by atoms with Crippen molar-refractivity contribution in [3.63, 3.8) is 0 Å². The third-order valence-corrected chi connectivity index (χ3v) is 3.97.